The Morgan fingerprint density at radius 2 is 2.05 bits per heavy atom. The number of nitrogens with zero attached hydrogens (tertiary/aromatic N) is 1. The Hall–Kier alpha value is -1.41. The maximum atomic E-state index is 12.4. The van der Waals surface area contributed by atoms with Crippen LogP contribution in [-0.4, -0.2) is 10.8 Å². The molecule has 0 unspecified atom stereocenters. The van der Waals surface area contributed by atoms with Crippen molar-refractivity contribution in [2.24, 2.45) is 0 Å². The molecule has 1 heterocycles. The molecule has 3 nitrogen and oxygen atoms in total. The monoisotopic (exact) mass is 350 g/mol. The van der Waals surface area contributed by atoms with Crippen molar-refractivity contribution in [3.8, 4) is 0 Å². The molecular formula is C11H6BrF3N2OS. The molecule has 0 radical (unpaired) electrons. The van der Waals surface area contributed by atoms with Crippen LogP contribution < -0.4 is 5.73 Å². The SMILES string of the molecule is Nc1ccc(C(=O)c2cnc(C(F)(F)F)s2)cc1Br. The number of halogens is 4. The molecule has 0 spiro atoms. The summed E-state index contributed by atoms with van der Waals surface area (Å²) in [5.41, 5.74) is 6.26. The van der Waals surface area contributed by atoms with Gasteiger partial charge in [-0.15, -0.1) is 11.3 Å². The number of carbonyl (C=O) groups excluding carboxylic acids is 1. The van der Waals surface area contributed by atoms with E-state index >= 15 is 0 Å². The molecule has 19 heavy (non-hydrogen) atoms. The Labute approximate surface area is 118 Å². The van der Waals surface area contributed by atoms with Gasteiger partial charge in [0.2, 0.25) is 5.78 Å². The number of anilines is 1. The van der Waals surface area contributed by atoms with Crippen molar-refractivity contribution in [3.05, 3.63) is 44.3 Å². The molecule has 0 saturated carbocycles. The van der Waals surface area contributed by atoms with Gasteiger partial charge in [-0.05, 0) is 34.1 Å². The van der Waals surface area contributed by atoms with E-state index in [1.165, 1.54) is 18.2 Å². The number of rotatable bonds is 2. The van der Waals surface area contributed by atoms with Gasteiger partial charge in [0, 0.05) is 21.9 Å². The fourth-order valence-electron chi connectivity index (χ4n) is 1.32. The van der Waals surface area contributed by atoms with Crippen LogP contribution in [-0.2, 0) is 6.18 Å². The molecule has 0 fully saturated rings. The molecule has 0 amide bonds. The summed E-state index contributed by atoms with van der Waals surface area (Å²) in [6.45, 7) is 0. The van der Waals surface area contributed by atoms with E-state index in [1.807, 2.05) is 0 Å². The lowest BCUT2D eigenvalue weighted by molar-refractivity contribution is -0.137. The minimum absolute atomic E-state index is 0.0657. The third-order valence-electron chi connectivity index (χ3n) is 2.23. The van der Waals surface area contributed by atoms with E-state index in [4.69, 9.17) is 5.73 Å². The van der Waals surface area contributed by atoms with Crippen LogP contribution in [0.4, 0.5) is 18.9 Å². The van der Waals surface area contributed by atoms with E-state index in [9.17, 15) is 18.0 Å². The number of benzene rings is 1. The van der Waals surface area contributed by atoms with Crippen molar-refractivity contribution in [2.75, 3.05) is 5.73 Å². The smallest absolute Gasteiger partial charge is 0.398 e. The van der Waals surface area contributed by atoms with Gasteiger partial charge in [-0.1, -0.05) is 0 Å². The molecule has 2 rings (SSSR count). The van der Waals surface area contributed by atoms with Crippen molar-refractivity contribution in [3.63, 3.8) is 0 Å². The number of nitrogens with two attached hydrogens (primary N) is 1. The van der Waals surface area contributed by atoms with E-state index in [0.717, 1.165) is 6.20 Å². The number of carbonyl (C=O) groups is 1. The van der Waals surface area contributed by atoms with Gasteiger partial charge in [0.1, 0.15) is 0 Å². The lowest BCUT2D eigenvalue weighted by Gasteiger charge is -2.02. The predicted octanol–water partition coefficient (Wildman–Crippen LogP) is 3.74. The maximum Gasteiger partial charge on any atom is 0.443 e. The van der Waals surface area contributed by atoms with Gasteiger partial charge in [0.15, 0.2) is 5.01 Å². The molecule has 1 aromatic carbocycles. The highest BCUT2D eigenvalue weighted by Crippen LogP contribution is 2.33. The van der Waals surface area contributed by atoms with Crippen LogP contribution in [0.2, 0.25) is 0 Å². The zero-order valence-electron chi connectivity index (χ0n) is 9.16. The Morgan fingerprint density at radius 1 is 1.37 bits per heavy atom. The topological polar surface area (TPSA) is 56.0 Å². The van der Waals surface area contributed by atoms with Crippen molar-refractivity contribution >= 4 is 38.7 Å². The Morgan fingerprint density at radius 3 is 2.58 bits per heavy atom. The minimum atomic E-state index is -4.54. The average Bonchev–Trinajstić information content (AvgIpc) is 2.81. The first kappa shape index (κ1) is 14.0. The van der Waals surface area contributed by atoms with Crippen molar-refractivity contribution in [1.29, 1.82) is 0 Å². The lowest BCUT2D eigenvalue weighted by atomic mass is 10.1. The standard InChI is InChI=1S/C11H6BrF3N2OS/c12-6-3-5(1-2-7(6)16)9(18)8-4-17-10(19-8)11(13,14)15/h1-4H,16H2. The van der Waals surface area contributed by atoms with E-state index in [1.54, 1.807) is 0 Å². The molecule has 0 aliphatic rings. The zero-order valence-corrected chi connectivity index (χ0v) is 11.6. The number of alkyl halides is 3. The molecule has 2 aromatic rings. The highest BCUT2D eigenvalue weighted by molar-refractivity contribution is 9.10. The van der Waals surface area contributed by atoms with Gasteiger partial charge < -0.3 is 5.73 Å². The van der Waals surface area contributed by atoms with Gasteiger partial charge in [0.25, 0.3) is 0 Å². The Bertz CT molecular complexity index is 639. The van der Waals surface area contributed by atoms with Crippen LogP contribution in [0.1, 0.15) is 20.2 Å². The maximum absolute atomic E-state index is 12.4. The average molecular weight is 351 g/mol. The number of hydrogen-bond donors (Lipinski definition) is 1. The first-order valence-electron chi connectivity index (χ1n) is 4.92. The minimum Gasteiger partial charge on any atom is -0.398 e. The van der Waals surface area contributed by atoms with E-state index in [2.05, 4.69) is 20.9 Å². The molecular weight excluding hydrogens is 345 g/mol. The van der Waals surface area contributed by atoms with Crippen LogP contribution in [0.5, 0.6) is 0 Å². The molecule has 0 aliphatic heterocycles. The van der Waals surface area contributed by atoms with Crippen molar-refractivity contribution < 1.29 is 18.0 Å². The number of nitrogen functional groups attached to an aromatic ring is 1. The largest absolute Gasteiger partial charge is 0.443 e. The lowest BCUT2D eigenvalue weighted by Crippen LogP contribution is -2.03. The molecule has 8 heteroatoms. The summed E-state index contributed by atoms with van der Waals surface area (Å²) in [6, 6.07) is 4.42. The summed E-state index contributed by atoms with van der Waals surface area (Å²) >= 11 is 3.48. The fraction of sp³-hybridized carbons (Fsp3) is 0.0909. The normalized spacial score (nSPS) is 11.6. The highest BCUT2D eigenvalue weighted by atomic mass is 79.9. The predicted molar refractivity (Wildman–Crippen MR) is 69.1 cm³/mol. The summed E-state index contributed by atoms with van der Waals surface area (Å²) < 4.78 is 37.7. The first-order chi connectivity index (χ1) is 8.79. The molecule has 0 aliphatic carbocycles. The van der Waals surface area contributed by atoms with Crippen molar-refractivity contribution in [2.45, 2.75) is 6.18 Å². The molecule has 0 atom stereocenters. The second-order valence-corrected chi connectivity index (χ2v) is 5.48. The van der Waals surface area contributed by atoms with Crippen LogP contribution in [0, 0.1) is 0 Å². The quantitative estimate of drug-likeness (QED) is 0.663. The number of ketones is 1. The summed E-state index contributed by atoms with van der Waals surface area (Å²) in [5.74, 6) is -0.520. The van der Waals surface area contributed by atoms with Crippen LogP contribution in [0.15, 0.2) is 28.9 Å². The summed E-state index contributed by atoms with van der Waals surface area (Å²) in [5, 5.41) is -1.04. The van der Waals surface area contributed by atoms with Crippen LogP contribution >= 0.6 is 27.3 Å². The first-order valence-corrected chi connectivity index (χ1v) is 6.52. The number of aromatic nitrogens is 1. The molecule has 1 aromatic heterocycles. The fourth-order valence-corrected chi connectivity index (χ4v) is 2.44. The van der Waals surface area contributed by atoms with Crippen molar-refractivity contribution in [1.82, 2.24) is 4.98 Å². The van der Waals surface area contributed by atoms with Gasteiger partial charge >= 0.3 is 6.18 Å². The van der Waals surface area contributed by atoms with Gasteiger partial charge in [0.05, 0.1) is 4.88 Å². The van der Waals surface area contributed by atoms with Gasteiger partial charge in [-0.3, -0.25) is 4.79 Å². The molecule has 0 saturated heterocycles. The zero-order chi connectivity index (χ0) is 14.2. The van der Waals surface area contributed by atoms with E-state index in [-0.39, 0.29) is 10.4 Å². The summed E-state index contributed by atoms with van der Waals surface area (Å²) in [6.07, 6.45) is -3.61. The Balaban J connectivity index is 2.34. The molecule has 0 bridgehead atoms. The van der Waals surface area contributed by atoms with E-state index in [0.29, 0.717) is 21.5 Å². The number of thiazole rings is 1. The van der Waals surface area contributed by atoms with E-state index < -0.39 is 17.0 Å². The van der Waals surface area contributed by atoms with Crippen LogP contribution in [0.25, 0.3) is 0 Å². The second kappa shape index (κ2) is 4.93. The van der Waals surface area contributed by atoms with Gasteiger partial charge in [-0.2, -0.15) is 13.2 Å². The molecule has 100 valence electrons. The summed E-state index contributed by atoms with van der Waals surface area (Å²) in [7, 11) is 0. The Kier molecular flexibility index (Phi) is 3.64. The summed E-state index contributed by atoms with van der Waals surface area (Å²) in [4.78, 5) is 15.1. The highest BCUT2D eigenvalue weighted by Gasteiger charge is 2.35. The third kappa shape index (κ3) is 2.95. The number of hydrogen-bond acceptors (Lipinski definition) is 4. The molecule has 2 N–H and O–H groups in total. The van der Waals surface area contributed by atoms with Gasteiger partial charge in [-0.25, -0.2) is 4.98 Å². The van der Waals surface area contributed by atoms with Crippen LogP contribution in [0.3, 0.4) is 0 Å². The second-order valence-electron chi connectivity index (χ2n) is 3.59. The third-order valence-corrected chi connectivity index (χ3v) is 3.96.